The molecule has 3 aromatic rings. The van der Waals surface area contributed by atoms with Crippen LogP contribution in [0.1, 0.15) is 21.5 Å². The van der Waals surface area contributed by atoms with Crippen molar-refractivity contribution in [3.8, 4) is 23.3 Å². The molecule has 0 aromatic heterocycles. The Morgan fingerprint density at radius 2 is 1.61 bits per heavy atom. The summed E-state index contributed by atoms with van der Waals surface area (Å²) < 4.78 is 16.0. The fourth-order valence-corrected chi connectivity index (χ4v) is 3.02. The summed E-state index contributed by atoms with van der Waals surface area (Å²) >= 11 is 0. The molecule has 3 rings (SSSR count). The summed E-state index contributed by atoms with van der Waals surface area (Å²) in [6.45, 7) is 0.305. The summed E-state index contributed by atoms with van der Waals surface area (Å²) in [6, 6.07) is 22.7. The molecule has 0 unspecified atom stereocenters. The summed E-state index contributed by atoms with van der Waals surface area (Å²) in [6.07, 6.45) is 1.44. The maximum atomic E-state index is 12.6. The monoisotopic (exact) mass is 442 g/mol. The Bertz CT molecular complexity index is 1210. The van der Waals surface area contributed by atoms with Crippen LogP contribution in [0.5, 0.6) is 17.2 Å². The van der Waals surface area contributed by atoms with Crippen molar-refractivity contribution in [3.05, 3.63) is 95.1 Å². The van der Waals surface area contributed by atoms with Crippen LogP contribution < -0.4 is 19.5 Å². The lowest BCUT2D eigenvalue weighted by atomic mass is 10.1. The number of nitrogens with zero attached hydrogens (tertiary/aromatic N) is 1. The average Bonchev–Trinajstić information content (AvgIpc) is 2.87. The van der Waals surface area contributed by atoms with E-state index in [0.717, 1.165) is 5.56 Å². The van der Waals surface area contributed by atoms with E-state index in [4.69, 9.17) is 14.2 Å². The standard InChI is InChI=1S/C26H22N2O5/c1-31-22-11-7-6-10-21(22)26(30)33-23-13-12-19(15-24(23)32-2)14-20(16-27)25(29)28-17-18-8-4-3-5-9-18/h3-15H,17H2,1-2H3,(H,28,29)/b20-14+. The van der Waals surface area contributed by atoms with Crippen LogP contribution in [0.25, 0.3) is 6.08 Å². The van der Waals surface area contributed by atoms with E-state index in [1.54, 1.807) is 36.4 Å². The minimum Gasteiger partial charge on any atom is -0.496 e. The molecule has 3 aromatic carbocycles. The Kier molecular flexibility index (Phi) is 7.81. The normalized spacial score (nSPS) is 10.6. The highest BCUT2D eigenvalue weighted by atomic mass is 16.6. The molecule has 0 saturated carbocycles. The smallest absolute Gasteiger partial charge is 0.347 e. The molecule has 0 fully saturated rings. The molecule has 7 heteroatoms. The topological polar surface area (TPSA) is 97.6 Å². The maximum Gasteiger partial charge on any atom is 0.347 e. The molecule has 0 spiro atoms. The second-order valence-corrected chi connectivity index (χ2v) is 6.84. The van der Waals surface area contributed by atoms with E-state index in [1.807, 2.05) is 36.4 Å². The van der Waals surface area contributed by atoms with E-state index >= 15 is 0 Å². The number of ether oxygens (including phenoxy) is 3. The zero-order valence-corrected chi connectivity index (χ0v) is 18.2. The number of hydrogen-bond acceptors (Lipinski definition) is 6. The Morgan fingerprint density at radius 3 is 2.30 bits per heavy atom. The fourth-order valence-electron chi connectivity index (χ4n) is 3.02. The molecule has 0 bridgehead atoms. The number of rotatable bonds is 8. The molecule has 0 atom stereocenters. The predicted molar refractivity (Wildman–Crippen MR) is 123 cm³/mol. The summed E-state index contributed by atoms with van der Waals surface area (Å²) in [7, 11) is 2.90. The number of carbonyl (C=O) groups excluding carboxylic acids is 2. The van der Waals surface area contributed by atoms with Crippen LogP contribution in [0, 0.1) is 11.3 Å². The second kappa shape index (κ2) is 11.2. The average molecular weight is 442 g/mol. The third-order valence-electron chi connectivity index (χ3n) is 4.69. The lowest BCUT2D eigenvalue weighted by Crippen LogP contribution is -2.23. The highest BCUT2D eigenvalue weighted by Gasteiger charge is 2.17. The third-order valence-corrected chi connectivity index (χ3v) is 4.69. The molecule has 0 aliphatic rings. The minimum atomic E-state index is -0.605. The fraction of sp³-hybridized carbons (Fsp3) is 0.115. The van der Waals surface area contributed by atoms with E-state index in [0.29, 0.717) is 17.9 Å². The van der Waals surface area contributed by atoms with Gasteiger partial charge in [0.25, 0.3) is 5.91 Å². The van der Waals surface area contributed by atoms with Crippen molar-refractivity contribution >= 4 is 18.0 Å². The number of para-hydroxylation sites is 1. The number of carbonyl (C=O) groups is 2. The zero-order chi connectivity index (χ0) is 23.6. The zero-order valence-electron chi connectivity index (χ0n) is 18.2. The Morgan fingerprint density at radius 1 is 0.909 bits per heavy atom. The van der Waals surface area contributed by atoms with Gasteiger partial charge in [-0.15, -0.1) is 0 Å². The van der Waals surface area contributed by atoms with Crippen molar-refractivity contribution in [2.24, 2.45) is 0 Å². The summed E-state index contributed by atoms with van der Waals surface area (Å²) in [5.41, 5.74) is 1.67. The number of esters is 1. The van der Waals surface area contributed by atoms with Gasteiger partial charge in [-0.25, -0.2) is 4.79 Å². The number of nitrogens with one attached hydrogen (secondary N) is 1. The minimum absolute atomic E-state index is 0.0632. The van der Waals surface area contributed by atoms with Crippen LogP contribution in [0.4, 0.5) is 0 Å². The van der Waals surface area contributed by atoms with Crippen LogP contribution in [-0.4, -0.2) is 26.1 Å². The SMILES string of the molecule is COc1cc(/C=C(\C#N)C(=O)NCc2ccccc2)ccc1OC(=O)c1ccccc1OC. The van der Waals surface area contributed by atoms with Crippen molar-refractivity contribution in [2.75, 3.05) is 14.2 Å². The van der Waals surface area contributed by atoms with E-state index < -0.39 is 11.9 Å². The molecule has 0 radical (unpaired) electrons. The van der Waals surface area contributed by atoms with Crippen LogP contribution >= 0.6 is 0 Å². The molecule has 33 heavy (non-hydrogen) atoms. The number of hydrogen-bond donors (Lipinski definition) is 1. The summed E-state index contributed by atoms with van der Waals surface area (Å²) in [4.78, 5) is 25.0. The molecule has 1 amide bonds. The molecule has 0 saturated heterocycles. The van der Waals surface area contributed by atoms with E-state index in [1.165, 1.54) is 26.4 Å². The van der Waals surface area contributed by atoms with Crippen molar-refractivity contribution in [2.45, 2.75) is 6.54 Å². The number of benzene rings is 3. The van der Waals surface area contributed by atoms with E-state index in [-0.39, 0.29) is 22.6 Å². The van der Waals surface area contributed by atoms with Gasteiger partial charge in [0.15, 0.2) is 11.5 Å². The van der Waals surface area contributed by atoms with Gasteiger partial charge in [0.2, 0.25) is 0 Å². The number of amides is 1. The van der Waals surface area contributed by atoms with Crippen LogP contribution in [0.3, 0.4) is 0 Å². The molecule has 1 N–H and O–H groups in total. The molecule has 7 nitrogen and oxygen atoms in total. The maximum absolute atomic E-state index is 12.6. The Labute approximate surface area is 191 Å². The van der Waals surface area contributed by atoms with Gasteiger partial charge >= 0.3 is 5.97 Å². The van der Waals surface area contributed by atoms with Crippen molar-refractivity contribution in [1.82, 2.24) is 5.32 Å². The van der Waals surface area contributed by atoms with E-state index in [9.17, 15) is 14.9 Å². The van der Waals surface area contributed by atoms with Crippen LogP contribution in [0.2, 0.25) is 0 Å². The van der Waals surface area contributed by atoms with Gasteiger partial charge in [0, 0.05) is 6.54 Å². The molecular formula is C26H22N2O5. The Balaban J connectivity index is 1.76. The van der Waals surface area contributed by atoms with Crippen LogP contribution in [-0.2, 0) is 11.3 Å². The molecule has 0 aliphatic carbocycles. The highest BCUT2D eigenvalue weighted by molar-refractivity contribution is 6.01. The van der Waals surface area contributed by atoms with Crippen molar-refractivity contribution < 1.29 is 23.8 Å². The number of nitriles is 1. The first-order valence-corrected chi connectivity index (χ1v) is 10.0. The number of methoxy groups -OCH3 is 2. The molecule has 0 aliphatic heterocycles. The molecular weight excluding hydrogens is 420 g/mol. The van der Waals surface area contributed by atoms with Gasteiger partial charge in [-0.3, -0.25) is 4.79 Å². The van der Waals surface area contributed by atoms with Gasteiger partial charge in [-0.2, -0.15) is 5.26 Å². The van der Waals surface area contributed by atoms with Gasteiger partial charge in [0.1, 0.15) is 23.0 Å². The van der Waals surface area contributed by atoms with E-state index in [2.05, 4.69) is 5.32 Å². The Hall–Kier alpha value is -4.57. The van der Waals surface area contributed by atoms with Crippen LogP contribution in [0.15, 0.2) is 78.4 Å². The largest absolute Gasteiger partial charge is 0.496 e. The first kappa shape index (κ1) is 23.1. The highest BCUT2D eigenvalue weighted by Crippen LogP contribution is 2.30. The first-order chi connectivity index (χ1) is 16.0. The predicted octanol–water partition coefficient (Wildman–Crippen LogP) is 4.15. The second-order valence-electron chi connectivity index (χ2n) is 6.84. The molecule has 166 valence electrons. The quantitative estimate of drug-likeness (QED) is 0.244. The first-order valence-electron chi connectivity index (χ1n) is 10.0. The molecule has 0 heterocycles. The lowest BCUT2D eigenvalue weighted by molar-refractivity contribution is -0.117. The van der Waals surface area contributed by atoms with Gasteiger partial charge in [-0.1, -0.05) is 48.5 Å². The summed E-state index contributed by atoms with van der Waals surface area (Å²) in [5, 5.41) is 12.2. The van der Waals surface area contributed by atoms with Gasteiger partial charge < -0.3 is 19.5 Å². The van der Waals surface area contributed by atoms with Gasteiger partial charge in [0.05, 0.1) is 14.2 Å². The third kappa shape index (κ3) is 5.99. The van der Waals surface area contributed by atoms with Crippen molar-refractivity contribution in [1.29, 1.82) is 5.26 Å². The van der Waals surface area contributed by atoms with Gasteiger partial charge in [-0.05, 0) is 41.5 Å². The lowest BCUT2D eigenvalue weighted by Gasteiger charge is -2.12. The van der Waals surface area contributed by atoms with Crippen molar-refractivity contribution in [3.63, 3.8) is 0 Å². The summed E-state index contributed by atoms with van der Waals surface area (Å²) in [5.74, 6) is -0.244.